The van der Waals surface area contributed by atoms with E-state index in [1.165, 1.54) is 17.3 Å². The van der Waals surface area contributed by atoms with E-state index in [4.69, 9.17) is 4.98 Å². The molecule has 1 aromatic heterocycles. The highest BCUT2D eigenvalue weighted by Gasteiger charge is 2.28. The van der Waals surface area contributed by atoms with E-state index >= 15 is 0 Å². The van der Waals surface area contributed by atoms with Gasteiger partial charge in [-0.1, -0.05) is 32.0 Å². The third-order valence-corrected chi connectivity index (χ3v) is 7.88. The Balaban J connectivity index is 1.95. The van der Waals surface area contributed by atoms with Gasteiger partial charge in [-0.2, -0.15) is 0 Å². The van der Waals surface area contributed by atoms with Crippen LogP contribution in [0.3, 0.4) is 0 Å². The smallest absolute Gasteiger partial charge is 0.319 e. The fourth-order valence-electron chi connectivity index (χ4n) is 4.19. The van der Waals surface area contributed by atoms with Gasteiger partial charge < -0.3 is 15.0 Å². The number of hydrogen-bond acceptors (Lipinski definition) is 4. The van der Waals surface area contributed by atoms with Gasteiger partial charge >= 0.3 is 5.97 Å². The van der Waals surface area contributed by atoms with Crippen molar-refractivity contribution in [2.24, 2.45) is 5.92 Å². The van der Waals surface area contributed by atoms with Crippen LogP contribution in [0.5, 0.6) is 0 Å². The number of nitrogens with zero attached hydrogens (tertiary/aromatic N) is 2. The molecule has 0 bridgehead atoms. The van der Waals surface area contributed by atoms with Gasteiger partial charge in [0.05, 0.1) is 0 Å². The Bertz CT molecular complexity index is 1290. The largest absolute Gasteiger partial charge is 0.480 e. The van der Waals surface area contributed by atoms with E-state index in [9.17, 15) is 14.7 Å². The number of rotatable bonds is 10. The van der Waals surface area contributed by atoms with E-state index in [-0.39, 0.29) is 5.91 Å². The zero-order valence-corrected chi connectivity index (χ0v) is 24.0. The summed E-state index contributed by atoms with van der Waals surface area (Å²) in [6.45, 7) is 16.6. The molecular weight excluding hydrogens is 482 g/mol. The summed E-state index contributed by atoms with van der Waals surface area (Å²) in [6.07, 6.45) is 2.07. The summed E-state index contributed by atoms with van der Waals surface area (Å²) >= 11 is 1.31. The fourth-order valence-corrected chi connectivity index (χ4v) is 5.14. The Morgan fingerprint density at radius 2 is 1.65 bits per heavy atom. The first-order chi connectivity index (χ1) is 17.3. The normalized spacial score (nSPS) is 11.7. The van der Waals surface area contributed by atoms with Gasteiger partial charge in [-0.05, 0) is 95.2 Å². The van der Waals surface area contributed by atoms with E-state index in [1.807, 2.05) is 51.1 Å². The van der Waals surface area contributed by atoms with Gasteiger partial charge in [0.15, 0.2) is 0 Å². The van der Waals surface area contributed by atoms with Gasteiger partial charge in [-0.3, -0.25) is 9.59 Å². The van der Waals surface area contributed by atoms with Gasteiger partial charge in [0.2, 0.25) is 0 Å². The molecule has 198 valence electrons. The van der Waals surface area contributed by atoms with Crippen LogP contribution in [0.4, 0.5) is 5.69 Å². The molecule has 0 unspecified atom stereocenters. The maximum atomic E-state index is 13.4. The standard InChI is InChI=1S/C30H39N3O3S/c1-18(2)10-9-15-33-22(6)26(28(34)31-25-17-20(4)19(3)16-21(25)5)32-27(33)23-11-13-24(14-12-23)37-30(7,8)29(35)36/h11-14,16-18H,9-10,15H2,1-8H3,(H,31,34)(H,35,36). The Labute approximate surface area is 224 Å². The highest BCUT2D eigenvalue weighted by molar-refractivity contribution is 8.01. The molecule has 37 heavy (non-hydrogen) atoms. The Morgan fingerprint density at radius 1 is 1.03 bits per heavy atom. The van der Waals surface area contributed by atoms with E-state index in [2.05, 4.69) is 36.7 Å². The van der Waals surface area contributed by atoms with Crippen molar-refractivity contribution in [2.45, 2.75) is 84.4 Å². The average molecular weight is 522 g/mol. The number of carboxylic acids is 1. The number of benzene rings is 2. The number of hydrogen-bond donors (Lipinski definition) is 2. The molecule has 0 radical (unpaired) electrons. The molecule has 1 heterocycles. The number of thioether (sulfide) groups is 1. The molecule has 0 spiro atoms. The molecule has 2 N–H and O–H groups in total. The predicted molar refractivity (Wildman–Crippen MR) is 153 cm³/mol. The average Bonchev–Trinajstić information content (AvgIpc) is 3.13. The van der Waals surface area contributed by atoms with Crippen LogP contribution in [-0.4, -0.2) is 31.3 Å². The quantitative estimate of drug-likeness (QED) is 0.271. The molecule has 0 aliphatic rings. The molecule has 3 rings (SSSR count). The van der Waals surface area contributed by atoms with Crippen molar-refractivity contribution in [1.29, 1.82) is 0 Å². The number of aromatic nitrogens is 2. The second kappa shape index (κ2) is 11.5. The highest BCUT2D eigenvalue weighted by Crippen LogP contribution is 2.34. The second-order valence-corrected chi connectivity index (χ2v) is 12.4. The monoisotopic (exact) mass is 521 g/mol. The molecule has 0 atom stereocenters. The van der Waals surface area contributed by atoms with Crippen LogP contribution < -0.4 is 5.32 Å². The number of aryl methyl sites for hydroxylation is 3. The third-order valence-electron chi connectivity index (χ3n) is 6.69. The SMILES string of the molecule is Cc1cc(C)c(NC(=O)c2nc(-c3ccc(SC(C)(C)C(=O)O)cc3)n(CCCC(C)C)c2C)cc1C. The number of nitrogens with one attached hydrogen (secondary N) is 1. The molecule has 1 amide bonds. The van der Waals surface area contributed by atoms with Crippen molar-refractivity contribution < 1.29 is 14.7 Å². The molecule has 6 nitrogen and oxygen atoms in total. The highest BCUT2D eigenvalue weighted by atomic mass is 32.2. The van der Waals surface area contributed by atoms with E-state index in [1.54, 1.807) is 13.8 Å². The molecular formula is C30H39N3O3S. The summed E-state index contributed by atoms with van der Waals surface area (Å²) in [5.74, 6) is 0.268. The van der Waals surface area contributed by atoms with Crippen molar-refractivity contribution in [3.63, 3.8) is 0 Å². The Morgan fingerprint density at radius 3 is 2.24 bits per heavy atom. The zero-order valence-electron chi connectivity index (χ0n) is 23.2. The molecule has 3 aromatic rings. The summed E-state index contributed by atoms with van der Waals surface area (Å²) in [4.78, 5) is 30.6. The van der Waals surface area contributed by atoms with Gasteiger partial charge in [-0.25, -0.2) is 4.98 Å². The molecule has 0 saturated heterocycles. The van der Waals surface area contributed by atoms with E-state index in [0.717, 1.165) is 58.2 Å². The maximum absolute atomic E-state index is 13.4. The minimum Gasteiger partial charge on any atom is -0.480 e. The first kappa shape index (κ1) is 28.5. The molecule has 0 fully saturated rings. The first-order valence-electron chi connectivity index (χ1n) is 12.8. The van der Waals surface area contributed by atoms with Crippen LogP contribution in [0.2, 0.25) is 0 Å². The van der Waals surface area contributed by atoms with Crippen LogP contribution in [0.25, 0.3) is 11.4 Å². The molecule has 7 heteroatoms. The maximum Gasteiger partial charge on any atom is 0.319 e. The Hall–Kier alpha value is -3.06. The lowest BCUT2D eigenvalue weighted by Gasteiger charge is -2.18. The van der Waals surface area contributed by atoms with Crippen molar-refractivity contribution >= 4 is 29.3 Å². The van der Waals surface area contributed by atoms with Crippen molar-refractivity contribution in [2.75, 3.05) is 5.32 Å². The summed E-state index contributed by atoms with van der Waals surface area (Å²) in [7, 11) is 0. The van der Waals surface area contributed by atoms with Gasteiger partial charge in [0.25, 0.3) is 5.91 Å². The van der Waals surface area contributed by atoms with Gasteiger partial charge in [0, 0.05) is 28.4 Å². The van der Waals surface area contributed by atoms with Crippen LogP contribution in [0, 0.1) is 33.6 Å². The summed E-state index contributed by atoms with van der Waals surface area (Å²) in [5.41, 5.74) is 6.28. The van der Waals surface area contributed by atoms with Crippen molar-refractivity contribution in [3.8, 4) is 11.4 Å². The number of carbonyl (C=O) groups is 2. The summed E-state index contributed by atoms with van der Waals surface area (Å²) in [6, 6.07) is 11.8. The number of carboxylic acid groups (broad SMARTS) is 1. The van der Waals surface area contributed by atoms with Crippen LogP contribution in [0.1, 0.15) is 73.4 Å². The second-order valence-electron chi connectivity index (χ2n) is 10.7. The van der Waals surface area contributed by atoms with Crippen molar-refractivity contribution in [1.82, 2.24) is 9.55 Å². The van der Waals surface area contributed by atoms with Crippen LogP contribution in [-0.2, 0) is 11.3 Å². The topological polar surface area (TPSA) is 84.2 Å². The number of anilines is 1. The number of carbonyl (C=O) groups excluding carboxylic acids is 1. The predicted octanol–water partition coefficient (Wildman–Crippen LogP) is 7.43. The summed E-state index contributed by atoms with van der Waals surface area (Å²) in [5, 5.41) is 12.5. The van der Waals surface area contributed by atoms with Gasteiger partial charge in [0.1, 0.15) is 16.3 Å². The zero-order chi connectivity index (χ0) is 27.5. The van der Waals surface area contributed by atoms with Gasteiger partial charge in [-0.15, -0.1) is 11.8 Å². The minimum atomic E-state index is -0.925. The Kier molecular flexibility index (Phi) is 8.90. The molecule has 0 aliphatic heterocycles. The molecule has 0 saturated carbocycles. The number of amides is 1. The first-order valence-corrected chi connectivity index (χ1v) is 13.6. The lowest BCUT2D eigenvalue weighted by molar-refractivity contribution is -0.138. The number of aliphatic carboxylic acids is 1. The minimum absolute atomic E-state index is 0.219. The molecule has 0 aliphatic carbocycles. The lowest BCUT2D eigenvalue weighted by Crippen LogP contribution is -2.26. The molecule has 2 aromatic carbocycles. The van der Waals surface area contributed by atoms with Crippen LogP contribution >= 0.6 is 11.8 Å². The summed E-state index contributed by atoms with van der Waals surface area (Å²) < 4.78 is 1.21. The van der Waals surface area contributed by atoms with Crippen LogP contribution in [0.15, 0.2) is 41.3 Å². The lowest BCUT2D eigenvalue weighted by atomic mass is 10.0. The van der Waals surface area contributed by atoms with E-state index < -0.39 is 10.7 Å². The third kappa shape index (κ3) is 6.83. The number of imidazole rings is 1. The van der Waals surface area contributed by atoms with Crippen molar-refractivity contribution in [3.05, 3.63) is 64.5 Å². The fraction of sp³-hybridized carbons (Fsp3) is 0.433. The van der Waals surface area contributed by atoms with E-state index in [0.29, 0.717) is 11.6 Å².